The van der Waals surface area contributed by atoms with Crippen LogP contribution >= 0.6 is 0 Å². The maximum absolute atomic E-state index is 12.7. The standard InChI is InChI=1S/C24H27N5O4/c1-14-9-18(20(12-30)25-14)24(32)28(3)7-8-33-13-21-23(15(2)27-29(21)4)16-5-6-19-17(10-16)11-22(31)26-19/h5-6,9-10,12,25H,7-8,11,13H2,1-4H3,(H,26,31). The average Bonchev–Trinajstić information content (AvgIpc) is 3.43. The molecule has 0 aliphatic carbocycles. The highest BCUT2D eigenvalue weighted by atomic mass is 16.5. The van der Waals surface area contributed by atoms with E-state index < -0.39 is 0 Å². The molecule has 2 N–H and O–H groups in total. The quantitative estimate of drug-likeness (QED) is 0.406. The number of amides is 2. The van der Waals surface area contributed by atoms with Crippen molar-refractivity contribution in [2.45, 2.75) is 26.9 Å². The Bertz CT molecular complexity index is 1240. The molecule has 2 aromatic heterocycles. The van der Waals surface area contributed by atoms with E-state index in [2.05, 4.69) is 15.4 Å². The summed E-state index contributed by atoms with van der Waals surface area (Å²) in [4.78, 5) is 40.0. The number of aldehydes is 1. The molecular formula is C24H27N5O4. The van der Waals surface area contributed by atoms with Gasteiger partial charge in [-0.3, -0.25) is 19.1 Å². The zero-order chi connectivity index (χ0) is 23.7. The summed E-state index contributed by atoms with van der Waals surface area (Å²) in [5.41, 5.74) is 7.01. The third-order valence-corrected chi connectivity index (χ3v) is 5.85. The zero-order valence-electron chi connectivity index (χ0n) is 19.2. The molecule has 33 heavy (non-hydrogen) atoms. The van der Waals surface area contributed by atoms with E-state index in [-0.39, 0.29) is 17.5 Å². The van der Waals surface area contributed by atoms with Crippen LogP contribution in [-0.2, 0) is 29.6 Å². The number of aromatic amines is 1. The second kappa shape index (κ2) is 9.03. The van der Waals surface area contributed by atoms with E-state index >= 15 is 0 Å². The molecular weight excluding hydrogens is 422 g/mol. The molecule has 4 rings (SSSR count). The van der Waals surface area contributed by atoms with E-state index in [0.29, 0.717) is 38.0 Å². The van der Waals surface area contributed by atoms with E-state index in [1.54, 1.807) is 24.7 Å². The van der Waals surface area contributed by atoms with E-state index in [4.69, 9.17) is 4.74 Å². The van der Waals surface area contributed by atoms with Crippen molar-refractivity contribution in [2.24, 2.45) is 7.05 Å². The number of carbonyl (C=O) groups excluding carboxylic acids is 3. The molecule has 2 amide bonds. The minimum Gasteiger partial charge on any atom is -0.373 e. The van der Waals surface area contributed by atoms with Crippen molar-refractivity contribution in [1.82, 2.24) is 19.7 Å². The lowest BCUT2D eigenvalue weighted by Crippen LogP contribution is -2.30. The van der Waals surface area contributed by atoms with Crippen molar-refractivity contribution in [3.63, 3.8) is 0 Å². The van der Waals surface area contributed by atoms with Gasteiger partial charge in [-0.2, -0.15) is 5.10 Å². The molecule has 1 aromatic carbocycles. The van der Waals surface area contributed by atoms with Gasteiger partial charge in [-0.05, 0) is 43.2 Å². The topological polar surface area (TPSA) is 109 Å². The van der Waals surface area contributed by atoms with Gasteiger partial charge in [-0.25, -0.2) is 0 Å². The van der Waals surface area contributed by atoms with E-state index in [1.807, 2.05) is 32.2 Å². The van der Waals surface area contributed by atoms with Crippen molar-refractivity contribution in [1.29, 1.82) is 0 Å². The molecule has 0 fully saturated rings. The van der Waals surface area contributed by atoms with Gasteiger partial charge < -0.3 is 19.9 Å². The first-order valence-corrected chi connectivity index (χ1v) is 10.7. The minimum absolute atomic E-state index is 0.00217. The average molecular weight is 450 g/mol. The summed E-state index contributed by atoms with van der Waals surface area (Å²) in [6.07, 6.45) is 1.03. The summed E-state index contributed by atoms with van der Waals surface area (Å²) < 4.78 is 7.71. The van der Waals surface area contributed by atoms with Gasteiger partial charge in [-0.1, -0.05) is 6.07 Å². The minimum atomic E-state index is -0.233. The van der Waals surface area contributed by atoms with Crippen LogP contribution in [0.3, 0.4) is 0 Å². The highest BCUT2D eigenvalue weighted by Crippen LogP contribution is 2.33. The third-order valence-electron chi connectivity index (χ3n) is 5.85. The number of hydrogen-bond acceptors (Lipinski definition) is 5. The number of anilines is 1. The lowest BCUT2D eigenvalue weighted by atomic mass is 10.00. The van der Waals surface area contributed by atoms with Crippen LogP contribution in [0.5, 0.6) is 0 Å². The summed E-state index contributed by atoms with van der Waals surface area (Å²) >= 11 is 0. The first-order valence-electron chi connectivity index (χ1n) is 10.7. The number of H-pyrrole nitrogens is 1. The number of rotatable bonds is 8. The van der Waals surface area contributed by atoms with Gasteiger partial charge in [-0.15, -0.1) is 0 Å². The zero-order valence-corrected chi connectivity index (χ0v) is 19.2. The summed E-state index contributed by atoms with van der Waals surface area (Å²) in [5.74, 6) is -0.231. The fourth-order valence-electron chi connectivity index (χ4n) is 4.19. The maximum Gasteiger partial charge on any atom is 0.255 e. The van der Waals surface area contributed by atoms with Crippen molar-refractivity contribution in [2.75, 3.05) is 25.5 Å². The summed E-state index contributed by atoms with van der Waals surface area (Å²) in [6, 6.07) is 7.60. The van der Waals surface area contributed by atoms with E-state index in [1.165, 1.54) is 4.90 Å². The summed E-state index contributed by atoms with van der Waals surface area (Å²) in [5, 5.41) is 7.41. The Morgan fingerprint density at radius 1 is 1.30 bits per heavy atom. The van der Waals surface area contributed by atoms with Crippen molar-refractivity contribution in [3.05, 3.63) is 58.2 Å². The lowest BCUT2D eigenvalue weighted by Gasteiger charge is -2.17. The largest absolute Gasteiger partial charge is 0.373 e. The van der Waals surface area contributed by atoms with Gasteiger partial charge >= 0.3 is 0 Å². The molecule has 9 heteroatoms. The number of aromatic nitrogens is 3. The van der Waals surface area contributed by atoms with Gasteiger partial charge in [0, 0.05) is 37.6 Å². The van der Waals surface area contributed by atoms with Crippen molar-refractivity contribution < 1.29 is 19.1 Å². The molecule has 0 spiro atoms. The van der Waals surface area contributed by atoms with Gasteiger partial charge in [0.2, 0.25) is 5.91 Å². The second-order valence-electron chi connectivity index (χ2n) is 8.30. The molecule has 0 radical (unpaired) electrons. The van der Waals surface area contributed by atoms with Gasteiger partial charge in [0.15, 0.2) is 6.29 Å². The SMILES string of the molecule is Cc1cc(C(=O)N(C)CCOCc2c(-c3ccc4c(c3)CC(=O)N4)c(C)nn2C)c(C=O)[nH]1. The second-order valence-corrected chi connectivity index (χ2v) is 8.30. The van der Waals surface area contributed by atoms with Crippen LogP contribution in [0.2, 0.25) is 0 Å². The smallest absolute Gasteiger partial charge is 0.255 e. The number of ether oxygens (including phenoxy) is 1. The monoisotopic (exact) mass is 449 g/mol. The van der Waals surface area contributed by atoms with E-state index in [0.717, 1.165) is 39.5 Å². The number of aryl methyl sites for hydroxylation is 3. The van der Waals surface area contributed by atoms with Crippen molar-refractivity contribution >= 4 is 23.8 Å². The molecule has 0 unspecified atom stereocenters. The first kappa shape index (κ1) is 22.5. The van der Waals surface area contributed by atoms with Crippen LogP contribution in [0.4, 0.5) is 5.69 Å². The molecule has 0 atom stereocenters. The Morgan fingerprint density at radius 3 is 2.85 bits per heavy atom. The van der Waals surface area contributed by atoms with Crippen LogP contribution in [0.15, 0.2) is 24.3 Å². The van der Waals surface area contributed by atoms with Gasteiger partial charge in [0.05, 0.1) is 42.3 Å². The normalized spacial score (nSPS) is 12.5. The Hall–Kier alpha value is -3.72. The number of nitrogens with one attached hydrogen (secondary N) is 2. The molecule has 1 aliphatic rings. The van der Waals surface area contributed by atoms with Crippen LogP contribution in [0, 0.1) is 13.8 Å². The van der Waals surface area contributed by atoms with Crippen LogP contribution in [0.1, 0.15) is 43.5 Å². The summed E-state index contributed by atoms with van der Waals surface area (Å²) in [6.45, 7) is 4.78. The molecule has 0 saturated heterocycles. The van der Waals surface area contributed by atoms with Gasteiger partial charge in [0.25, 0.3) is 5.91 Å². The number of nitrogens with zero attached hydrogens (tertiary/aromatic N) is 3. The Morgan fingerprint density at radius 2 is 2.09 bits per heavy atom. The number of fused-ring (bicyclic) bond motifs is 1. The van der Waals surface area contributed by atoms with Crippen LogP contribution < -0.4 is 5.32 Å². The fourth-order valence-corrected chi connectivity index (χ4v) is 4.19. The Kier molecular flexibility index (Phi) is 6.15. The third kappa shape index (κ3) is 4.45. The first-order chi connectivity index (χ1) is 15.8. The van der Waals surface area contributed by atoms with Crippen LogP contribution in [-0.4, -0.2) is 58.0 Å². The highest BCUT2D eigenvalue weighted by molar-refractivity contribution is 6.01. The van der Waals surface area contributed by atoms with Crippen LogP contribution in [0.25, 0.3) is 11.1 Å². The molecule has 0 saturated carbocycles. The predicted octanol–water partition coefficient (Wildman–Crippen LogP) is 2.63. The molecule has 3 heterocycles. The number of carbonyl (C=O) groups is 3. The lowest BCUT2D eigenvalue weighted by molar-refractivity contribution is -0.115. The Balaban J connectivity index is 1.41. The molecule has 0 bridgehead atoms. The molecule has 1 aliphatic heterocycles. The molecule has 9 nitrogen and oxygen atoms in total. The molecule has 3 aromatic rings. The summed E-state index contributed by atoms with van der Waals surface area (Å²) in [7, 11) is 3.56. The number of likely N-dealkylation sites (N-methyl/N-ethyl adjacent to an activating group) is 1. The Labute approximate surface area is 191 Å². The maximum atomic E-state index is 12.7. The fraction of sp³-hybridized carbons (Fsp3) is 0.333. The van der Waals surface area contributed by atoms with Crippen molar-refractivity contribution in [3.8, 4) is 11.1 Å². The predicted molar refractivity (Wildman–Crippen MR) is 123 cm³/mol. The van der Waals surface area contributed by atoms with E-state index in [9.17, 15) is 14.4 Å². The molecule has 172 valence electrons. The number of benzene rings is 1. The number of hydrogen-bond donors (Lipinski definition) is 2. The van der Waals surface area contributed by atoms with Gasteiger partial charge in [0.1, 0.15) is 0 Å². The highest BCUT2D eigenvalue weighted by Gasteiger charge is 2.22.